The SMILES string of the molecule is Cc1nc2n(c(=O)c1CCN1CCC(c3noc4cc(F)ccc34)CC1)CCCC2OCCCCC(=O)ON1C(=O)CC(S(=O)(=O)O)C1=O. The van der Waals surface area contributed by atoms with Gasteiger partial charge in [0, 0.05) is 54.7 Å². The largest absolute Gasteiger partial charge is 0.370 e. The molecule has 17 heteroatoms. The van der Waals surface area contributed by atoms with Gasteiger partial charge in [-0.2, -0.15) is 8.42 Å². The molecule has 2 saturated heterocycles. The van der Waals surface area contributed by atoms with E-state index < -0.39 is 39.6 Å². The smallest absolute Gasteiger partial charge is 0.333 e. The van der Waals surface area contributed by atoms with Crippen molar-refractivity contribution in [2.45, 2.75) is 88.5 Å². The van der Waals surface area contributed by atoms with Gasteiger partial charge in [0.1, 0.15) is 17.7 Å². The minimum Gasteiger partial charge on any atom is -0.370 e. The zero-order chi connectivity index (χ0) is 34.9. The molecule has 6 rings (SSSR count). The van der Waals surface area contributed by atoms with Crippen molar-refractivity contribution in [1.29, 1.82) is 0 Å². The van der Waals surface area contributed by atoms with Gasteiger partial charge in [0.05, 0.1) is 12.1 Å². The zero-order valence-electron chi connectivity index (χ0n) is 27.0. The summed E-state index contributed by atoms with van der Waals surface area (Å²) in [5.74, 6) is -2.78. The van der Waals surface area contributed by atoms with E-state index in [1.165, 1.54) is 12.1 Å². The Morgan fingerprint density at radius 2 is 1.90 bits per heavy atom. The van der Waals surface area contributed by atoms with E-state index >= 15 is 0 Å². The predicted octanol–water partition coefficient (Wildman–Crippen LogP) is 2.75. The van der Waals surface area contributed by atoms with E-state index in [0.717, 1.165) is 50.0 Å². The second-order valence-corrected chi connectivity index (χ2v) is 14.3. The number of imide groups is 1. The monoisotopic (exact) mass is 703 g/mol. The summed E-state index contributed by atoms with van der Waals surface area (Å²) in [6.45, 7) is 5.06. The van der Waals surface area contributed by atoms with Crippen LogP contribution in [0, 0.1) is 12.7 Å². The summed E-state index contributed by atoms with van der Waals surface area (Å²) >= 11 is 0. The van der Waals surface area contributed by atoms with Crippen LogP contribution in [0.2, 0.25) is 0 Å². The number of carbonyl (C=O) groups is 3. The highest BCUT2D eigenvalue weighted by atomic mass is 32.2. The number of rotatable bonds is 12. The normalized spacial score (nSPS) is 20.7. The number of benzene rings is 1. The number of amides is 2. The molecule has 0 radical (unpaired) electrons. The first-order valence-corrected chi connectivity index (χ1v) is 17.9. The highest BCUT2D eigenvalue weighted by molar-refractivity contribution is 7.87. The van der Waals surface area contributed by atoms with Crippen molar-refractivity contribution in [1.82, 2.24) is 24.7 Å². The molecule has 0 aliphatic carbocycles. The number of hydrogen-bond acceptors (Lipinski definition) is 12. The van der Waals surface area contributed by atoms with Gasteiger partial charge in [-0.1, -0.05) is 5.16 Å². The molecule has 0 saturated carbocycles. The first-order valence-electron chi connectivity index (χ1n) is 16.4. The molecule has 2 fully saturated rings. The van der Waals surface area contributed by atoms with E-state index in [1.807, 2.05) is 6.92 Å². The number of hydrogen-bond donors (Lipinski definition) is 1. The van der Waals surface area contributed by atoms with Crippen LogP contribution in [0.5, 0.6) is 0 Å². The van der Waals surface area contributed by atoms with Crippen molar-refractivity contribution in [3.8, 4) is 0 Å². The predicted molar refractivity (Wildman–Crippen MR) is 169 cm³/mol. The summed E-state index contributed by atoms with van der Waals surface area (Å²) < 4.78 is 58.3. The van der Waals surface area contributed by atoms with Crippen LogP contribution in [0.1, 0.15) is 86.2 Å². The van der Waals surface area contributed by atoms with Gasteiger partial charge in [-0.3, -0.25) is 23.5 Å². The molecule has 0 spiro atoms. The molecule has 3 aliphatic heterocycles. The van der Waals surface area contributed by atoms with Crippen LogP contribution >= 0.6 is 0 Å². The van der Waals surface area contributed by atoms with Crippen molar-refractivity contribution < 1.29 is 45.8 Å². The summed E-state index contributed by atoms with van der Waals surface area (Å²) in [4.78, 5) is 61.5. The summed E-state index contributed by atoms with van der Waals surface area (Å²) in [6.07, 6.45) is 3.16. The van der Waals surface area contributed by atoms with E-state index in [9.17, 15) is 32.0 Å². The second-order valence-electron chi connectivity index (χ2n) is 12.7. The lowest BCUT2D eigenvalue weighted by Crippen LogP contribution is -2.38. The van der Waals surface area contributed by atoms with Crippen molar-refractivity contribution in [2.75, 3.05) is 26.2 Å². The van der Waals surface area contributed by atoms with Gasteiger partial charge in [0.2, 0.25) is 0 Å². The van der Waals surface area contributed by atoms with Crippen LogP contribution in [-0.2, 0) is 47.0 Å². The van der Waals surface area contributed by atoms with E-state index in [1.54, 1.807) is 10.6 Å². The molecule has 3 aromatic rings. The minimum atomic E-state index is -4.80. The Kier molecular flexibility index (Phi) is 10.2. The molecule has 3 aliphatic rings. The Morgan fingerprint density at radius 3 is 2.63 bits per heavy atom. The Bertz CT molecular complexity index is 1920. The van der Waals surface area contributed by atoms with E-state index in [2.05, 4.69) is 10.1 Å². The number of fused-ring (bicyclic) bond motifs is 2. The molecule has 2 aromatic heterocycles. The lowest BCUT2D eigenvalue weighted by molar-refractivity contribution is -0.197. The van der Waals surface area contributed by atoms with Crippen LogP contribution in [0.25, 0.3) is 11.0 Å². The molecule has 0 bridgehead atoms. The third-order valence-corrected chi connectivity index (χ3v) is 10.5. The molecular weight excluding hydrogens is 665 g/mol. The number of halogens is 1. The van der Waals surface area contributed by atoms with Crippen LogP contribution in [-0.4, -0.2) is 86.9 Å². The number of carbonyl (C=O) groups excluding carboxylic acids is 3. The maximum Gasteiger partial charge on any atom is 0.333 e. The Labute approximate surface area is 281 Å². The Balaban J connectivity index is 0.963. The van der Waals surface area contributed by atoms with Crippen molar-refractivity contribution >= 4 is 38.9 Å². The van der Waals surface area contributed by atoms with Gasteiger partial charge in [-0.25, -0.2) is 14.2 Å². The number of unbranched alkanes of at least 4 members (excludes halogenated alkanes) is 1. The molecule has 49 heavy (non-hydrogen) atoms. The van der Waals surface area contributed by atoms with E-state index in [4.69, 9.17) is 23.6 Å². The molecule has 2 amide bonds. The Hall–Kier alpha value is -4.06. The summed E-state index contributed by atoms with van der Waals surface area (Å²) in [5, 5.41) is 3.19. The quantitative estimate of drug-likeness (QED) is 0.165. The topological polar surface area (TPSA) is 191 Å². The van der Waals surface area contributed by atoms with E-state index in [0.29, 0.717) is 54.9 Å². The van der Waals surface area contributed by atoms with Crippen molar-refractivity contribution in [2.24, 2.45) is 0 Å². The maximum atomic E-state index is 13.6. The average Bonchev–Trinajstić information content (AvgIpc) is 3.61. The molecule has 2 atom stereocenters. The number of ether oxygens (including phenoxy) is 1. The number of nitrogens with zero attached hydrogens (tertiary/aromatic N) is 5. The van der Waals surface area contributed by atoms with Crippen LogP contribution in [0.3, 0.4) is 0 Å². The van der Waals surface area contributed by atoms with Crippen molar-refractivity contribution in [3.63, 3.8) is 0 Å². The number of piperidine rings is 1. The third kappa shape index (κ3) is 7.59. The third-order valence-electron chi connectivity index (χ3n) is 9.46. The van der Waals surface area contributed by atoms with Crippen LogP contribution < -0.4 is 5.56 Å². The van der Waals surface area contributed by atoms with Gasteiger partial charge in [-0.15, -0.1) is 5.06 Å². The molecule has 1 N–H and O–H groups in total. The summed E-state index contributed by atoms with van der Waals surface area (Å²) in [6, 6.07) is 4.50. The highest BCUT2D eigenvalue weighted by Gasteiger charge is 2.48. The number of likely N-dealkylation sites (tertiary alicyclic amines) is 1. The van der Waals surface area contributed by atoms with Gasteiger partial charge < -0.3 is 19.0 Å². The minimum absolute atomic E-state index is 0.0584. The molecular formula is C32H38FN5O10S. The molecule has 2 unspecified atom stereocenters. The fourth-order valence-electron chi connectivity index (χ4n) is 6.77. The first kappa shape index (κ1) is 34.8. The molecule has 15 nitrogen and oxygen atoms in total. The Morgan fingerprint density at radius 1 is 1.12 bits per heavy atom. The fraction of sp³-hybridized carbons (Fsp3) is 0.562. The maximum absolute atomic E-state index is 13.6. The van der Waals surface area contributed by atoms with Gasteiger partial charge in [0.25, 0.3) is 27.5 Å². The molecule has 5 heterocycles. The highest BCUT2D eigenvalue weighted by Crippen LogP contribution is 2.33. The van der Waals surface area contributed by atoms with Gasteiger partial charge in [-0.05, 0) is 77.1 Å². The fourth-order valence-corrected chi connectivity index (χ4v) is 7.48. The number of hydroxylamine groups is 2. The lowest BCUT2D eigenvalue weighted by Gasteiger charge is -2.31. The van der Waals surface area contributed by atoms with Crippen LogP contribution in [0.4, 0.5) is 4.39 Å². The molecule has 1 aromatic carbocycles. The average molecular weight is 704 g/mol. The zero-order valence-corrected chi connectivity index (χ0v) is 27.8. The lowest BCUT2D eigenvalue weighted by atomic mass is 9.91. The second kappa shape index (κ2) is 14.4. The number of aryl methyl sites for hydroxylation is 1. The van der Waals surface area contributed by atoms with Gasteiger partial charge >= 0.3 is 5.97 Å². The van der Waals surface area contributed by atoms with Crippen molar-refractivity contribution in [3.05, 3.63) is 57.1 Å². The summed E-state index contributed by atoms with van der Waals surface area (Å²) in [7, 11) is -4.80. The summed E-state index contributed by atoms with van der Waals surface area (Å²) in [5.41, 5.74) is 2.63. The van der Waals surface area contributed by atoms with Crippen LogP contribution in [0.15, 0.2) is 27.5 Å². The molecule has 264 valence electrons. The standard InChI is InChI=1S/C32H38FN5O10S/c1-19-22(11-15-36-13-9-20(10-14-36)29-23-8-7-21(33)17-25(23)47-35-29)31(41)37-12-4-5-24(30(37)34-19)46-16-3-2-6-28(40)48-38-27(39)18-26(32(38)42)49(43,44)45/h7-8,17,20,24,26H,2-6,9-16,18H2,1H3,(H,43,44,45). The number of aromatic nitrogens is 3. The first-order chi connectivity index (χ1) is 23.4. The van der Waals surface area contributed by atoms with Gasteiger partial charge in [0.15, 0.2) is 10.8 Å². The van der Waals surface area contributed by atoms with E-state index in [-0.39, 0.29) is 41.5 Å².